The maximum absolute atomic E-state index is 6.69. The molecule has 0 aliphatic heterocycles. The highest BCUT2D eigenvalue weighted by Gasteiger charge is 1.97. The average molecular weight is 231 g/mol. The van der Waals surface area contributed by atoms with E-state index in [1.807, 2.05) is 12.1 Å². The van der Waals surface area contributed by atoms with E-state index in [4.69, 9.17) is 4.55 Å². The second-order valence-electron chi connectivity index (χ2n) is 3.59. The third-order valence-corrected chi connectivity index (χ3v) is 2.56. The third-order valence-electron chi connectivity index (χ3n) is 2.56. The first-order valence-corrected chi connectivity index (χ1v) is 5.41. The second kappa shape index (κ2) is 6.36. The van der Waals surface area contributed by atoms with Crippen molar-refractivity contribution < 1.29 is 4.55 Å². The van der Waals surface area contributed by atoms with Crippen LogP contribution >= 0.6 is 12.9 Å². The van der Waals surface area contributed by atoms with Gasteiger partial charge in [-0.25, -0.2) is 0 Å². The molecule has 0 spiro atoms. The molecule has 0 unspecified atom stereocenters. The van der Waals surface area contributed by atoms with Crippen LogP contribution in [-0.4, -0.2) is 4.55 Å². The first-order chi connectivity index (χ1) is 7.77. The summed E-state index contributed by atoms with van der Waals surface area (Å²) in [6, 6.07) is 17.7. The zero-order valence-corrected chi connectivity index (χ0v) is 10.3. The standard InChI is InChI=1S/C14H13.H2OS/c1-11-8-9-14(10-12(11)2)13-6-4-3-5-7-13;1-2/h4-10H,1-2H3;1-2H. The summed E-state index contributed by atoms with van der Waals surface area (Å²) < 4.78 is 6.69. The van der Waals surface area contributed by atoms with Gasteiger partial charge in [0.05, 0.1) is 0 Å². The maximum Gasteiger partial charge on any atom is -0.0181 e. The summed E-state index contributed by atoms with van der Waals surface area (Å²) in [6.07, 6.45) is 0. The fraction of sp³-hybridized carbons (Fsp3) is 0.143. The van der Waals surface area contributed by atoms with E-state index in [1.54, 1.807) is 0 Å². The van der Waals surface area contributed by atoms with Crippen molar-refractivity contribution >= 4 is 12.9 Å². The molecule has 1 nitrogen and oxygen atoms in total. The van der Waals surface area contributed by atoms with Crippen LogP contribution in [0.5, 0.6) is 0 Å². The van der Waals surface area contributed by atoms with Crippen LogP contribution in [-0.2, 0) is 0 Å². The maximum atomic E-state index is 6.69. The lowest BCUT2D eigenvalue weighted by atomic mass is 10.0. The molecule has 0 fully saturated rings. The van der Waals surface area contributed by atoms with Crippen molar-refractivity contribution in [1.82, 2.24) is 0 Å². The molecule has 1 N–H and O–H groups in total. The molecule has 0 saturated carbocycles. The van der Waals surface area contributed by atoms with E-state index in [0.717, 1.165) is 0 Å². The Labute approximate surface area is 102 Å². The van der Waals surface area contributed by atoms with Gasteiger partial charge in [-0.15, -0.1) is 0 Å². The highest BCUT2D eigenvalue weighted by atomic mass is 32.1. The van der Waals surface area contributed by atoms with Gasteiger partial charge >= 0.3 is 0 Å². The number of rotatable bonds is 1. The fourth-order valence-corrected chi connectivity index (χ4v) is 1.50. The van der Waals surface area contributed by atoms with E-state index in [1.165, 1.54) is 22.3 Å². The van der Waals surface area contributed by atoms with Crippen LogP contribution in [0.15, 0.2) is 42.5 Å². The van der Waals surface area contributed by atoms with Gasteiger partial charge in [0.25, 0.3) is 0 Å². The van der Waals surface area contributed by atoms with Gasteiger partial charge in [0.15, 0.2) is 0 Å². The van der Waals surface area contributed by atoms with E-state index < -0.39 is 0 Å². The Kier molecular flexibility index (Phi) is 5.09. The molecular weight excluding hydrogens is 216 g/mol. The zero-order chi connectivity index (χ0) is 12.0. The molecule has 2 aromatic carbocycles. The van der Waals surface area contributed by atoms with Gasteiger partial charge in [-0.1, -0.05) is 42.5 Å². The van der Waals surface area contributed by atoms with Gasteiger partial charge in [0, 0.05) is 0 Å². The molecule has 0 aliphatic rings. The Morgan fingerprint density at radius 2 is 1.50 bits per heavy atom. The third kappa shape index (κ3) is 3.12. The predicted octanol–water partition coefficient (Wildman–Crippen LogP) is 4.16. The van der Waals surface area contributed by atoms with Crippen molar-refractivity contribution in [1.29, 1.82) is 0 Å². The van der Waals surface area contributed by atoms with Gasteiger partial charge in [-0.2, -0.15) is 0 Å². The second-order valence-corrected chi connectivity index (χ2v) is 3.59. The average Bonchev–Trinajstić information content (AvgIpc) is 2.36. The summed E-state index contributed by atoms with van der Waals surface area (Å²) in [5, 5.41) is 0. The lowest BCUT2D eigenvalue weighted by Crippen LogP contribution is -1.82. The van der Waals surface area contributed by atoms with Crippen LogP contribution in [0.25, 0.3) is 11.1 Å². The molecule has 16 heavy (non-hydrogen) atoms. The van der Waals surface area contributed by atoms with Crippen molar-refractivity contribution in [3.8, 4) is 11.1 Å². The molecular formula is C14H15OS. The van der Waals surface area contributed by atoms with Crippen molar-refractivity contribution in [3.63, 3.8) is 0 Å². The molecule has 0 aliphatic carbocycles. The highest BCUT2D eigenvalue weighted by Crippen LogP contribution is 2.21. The normalized spacial score (nSPS) is 9.25. The first kappa shape index (κ1) is 12.8. The molecule has 0 bridgehead atoms. The minimum atomic E-state index is 1.26. The van der Waals surface area contributed by atoms with Crippen molar-refractivity contribution in [2.75, 3.05) is 0 Å². The van der Waals surface area contributed by atoms with Gasteiger partial charge in [-0.05, 0) is 55.1 Å². The first-order valence-electron chi connectivity index (χ1n) is 5.01. The lowest BCUT2D eigenvalue weighted by Gasteiger charge is -2.04. The fourth-order valence-electron chi connectivity index (χ4n) is 1.50. The molecule has 83 valence electrons. The van der Waals surface area contributed by atoms with Crippen molar-refractivity contribution in [2.24, 2.45) is 0 Å². The Morgan fingerprint density at radius 1 is 0.875 bits per heavy atom. The summed E-state index contributed by atoms with van der Waals surface area (Å²) in [5.41, 5.74) is 5.22. The molecule has 0 atom stereocenters. The number of hydrogen-bond donors (Lipinski definition) is 2. The summed E-state index contributed by atoms with van der Waals surface area (Å²) >= 11 is 2.53. The summed E-state index contributed by atoms with van der Waals surface area (Å²) in [4.78, 5) is 0. The zero-order valence-electron chi connectivity index (χ0n) is 9.44. The Bertz CT molecular complexity index is 438. The van der Waals surface area contributed by atoms with Crippen molar-refractivity contribution in [3.05, 3.63) is 59.7 Å². The van der Waals surface area contributed by atoms with Crippen LogP contribution in [0.4, 0.5) is 0 Å². The molecule has 0 saturated heterocycles. The largest absolute Gasteiger partial charge is 0.333 e. The number of thiol groups is 1. The van der Waals surface area contributed by atoms with E-state index >= 15 is 0 Å². The summed E-state index contributed by atoms with van der Waals surface area (Å²) in [7, 11) is 0. The minimum Gasteiger partial charge on any atom is -0.333 e. The number of aryl methyl sites for hydroxylation is 2. The smallest absolute Gasteiger partial charge is 0.0181 e. The molecule has 0 aromatic heterocycles. The monoisotopic (exact) mass is 231 g/mol. The Balaban J connectivity index is 0.000000606. The van der Waals surface area contributed by atoms with Gasteiger partial charge < -0.3 is 4.55 Å². The van der Waals surface area contributed by atoms with Crippen LogP contribution in [0.3, 0.4) is 0 Å². The Morgan fingerprint density at radius 3 is 2.06 bits per heavy atom. The minimum absolute atomic E-state index is 1.26. The molecule has 2 heteroatoms. The van der Waals surface area contributed by atoms with Gasteiger partial charge in [0.1, 0.15) is 0 Å². The topological polar surface area (TPSA) is 20.2 Å². The molecule has 0 heterocycles. The summed E-state index contributed by atoms with van der Waals surface area (Å²) in [5.74, 6) is 0. The molecule has 2 rings (SSSR count). The van der Waals surface area contributed by atoms with Crippen LogP contribution in [0, 0.1) is 19.9 Å². The Hall–Kier alpha value is -1.25. The van der Waals surface area contributed by atoms with E-state index in [0.29, 0.717) is 0 Å². The van der Waals surface area contributed by atoms with Crippen LogP contribution < -0.4 is 0 Å². The van der Waals surface area contributed by atoms with E-state index in [9.17, 15) is 0 Å². The molecule has 2 aromatic rings. The number of hydrogen-bond acceptors (Lipinski definition) is 2. The molecule has 1 radical (unpaired) electrons. The van der Waals surface area contributed by atoms with Crippen molar-refractivity contribution in [2.45, 2.75) is 13.8 Å². The highest BCUT2D eigenvalue weighted by molar-refractivity contribution is 7.74. The quantitative estimate of drug-likeness (QED) is 0.558. The van der Waals surface area contributed by atoms with Crippen LogP contribution in [0.2, 0.25) is 0 Å². The predicted molar refractivity (Wildman–Crippen MR) is 71.8 cm³/mol. The molecule has 0 amide bonds. The number of benzene rings is 2. The lowest BCUT2D eigenvalue weighted by molar-refractivity contribution is 0.679. The SMILES string of the molecule is Cc1ccc(-c2cc[c]cc2)cc1C.OS. The van der Waals surface area contributed by atoms with Crippen LogP contribution in [0.1, 0.15) is 11.1 Å². The van der Waals surface area contributed by atoms with Gasteiger partial charge in [-0.3, -0.25) is 0 Å². The van der Waals surface area contributed by atoms with E-state index in [2.05, 4.69) is 63.2 Å². The summed E-state index contributed by atoms with van der Waals surface area (Å²) in [6.45, 7) is 4.28. The van der Waals surface area contributed by atoms with Gasteiger partial charge in [0.2, 0.25) is 0 Å². The van der Waals surface area contributed by atoms with E-state index in [-0.39, 0.29) is 0 Å².